The fraction of sp³-hybridized carbons (Fsp3) is 0.474. The molecule has 4 nitrogen and oxygen atoms in total. The Bertz CT molecular complexity index is 671. The number of benzene rings is 1. The number of thiazole rings is 1. The summed E-state index contributed by atoms with van der Waals surface area (Å²) >= 11 is 1.61. The van der Waals surface area contributed by atoms with E-state index in [1.807, 2.05) is 12.3 Å². The molecule has 0 aliphatic carbocycles. The molecule has 2 rings (SSSR count). The third-order valence-electron chi connectivity index (χ3n) is 3.92. The molecular weight excluding hydrogens is 318 g/mol. The van der Waals surface area contributed by atoms with Crippen LogP contribution in [-0.2, 0) is 18.4 Å². The summed E-state index contributed by atoms with van der Waals surface area (Å²) < 4.78 is 0. The van der Waals surface area contributed by atoms with Crippen LogP contribution in [0.5, 0.6) is 0 Å². The van der Waals surface area contributed by atoms with E-state index < -0.39 is 0 Å². The summed E-state index contributed by atoms with van der Waals surface area (Å²) in [5.41, 5.74) is 3.67. The Kier molecular flexibility index (Phi) is 5.99. The van der Waals surface area contributed by atoms with Crippen LogP contribution in [0.1, 0.15) is 42.6 Å². The lowest BCUT2D eigenvalue weighted by Crippen LogP contribution is -2.37. The smallest absolute Gasteiger partial charge is 0.317 e. The molecule has 1 heterocycles. The van der Waals surface area contributed by atoms with Crippen LogP contribution in [0.25, 0.3) is 0 Å². The number of nitrogens with one attached hydrogen (secondary N) is 1. The van der Waals surface area contributed by atoms with Gasteiger partial charge in [0, 0.05) is 19.0 Å². The number of aromatic nitrogens is 1. The van der Waals surface area contributed by atoms with Crippen LogP contribution in [0.4, 0.5) is 4.79 Å². The van der Waals surface area contributed by atoms with Crippen LogP contribution in [0.3, 0.4) is 0 Å². The lowest BCUT2D eigenvalue weighted by atomic mass is 9.86. The van der Waals surface area contributed by atoms with Gasteiger partial charge in [-0.05, 0) is 29.9 Å². The summed E-state index contributed by atoms with van der Waals surface area (Å²) in [7, 11) is 1.79. The maximum atomic E-state index is 12.1. The molecule has 0 aliphatic heterocycles. The molecule has 0 saturated heterocycles. The predicted molar refractivity (Wildman–Crippen MR) is 101 cm³/mol. The molecular formula is C19H27N3OS. The van der Waals surface area contributed by atoms with E-state index in [0.717, 1.165) is 17.1 Å². The summed E-state index contributed by atoms with van der Waals surface area (Å²) in [5, 5.41) is 5.99. The molecule has 0 bridgehead atoms. The molecule has 0 saturated carbocycles. The molecule has 130 valence electrons. The molecule has 1 N–H and O–H groups in total. The van der Waals surface area contributed by atoms with E-state index in [1.54, 1.807) is 23.3 Å². The van der Waals surface area contributed by atoms with Crippen LogP contribution in [0, 0.1) is 6.92 Å². The lowest BCUT2D eigenvalue weighted by molar-refractivity contribution is 0.206. The minimum absolute atomic E-state index is 0.0630. The second kappa shape index (κ2) is 7.79. The highest BCUT2D eigenvalue weighted by atomic mass is 32.1. The van der Waals surface area contributed by atoms with Gasteiger partial charge < -0.3 is 10.2 Å². The second-order valence-electron chi connectivity index (χ2n) is 7.14. The average molecular weight is 346 g/mol. The first kappa shape index (κ1) is 18.5. The highest BCUT2D eigenvalue weighted by molar-refractivity contribution is 7.09. The van der Waals surface area contributed by atoms with E-state index in [2.05, 4.69) is 55.3 Å². The van der Waals surface area contributed by atoms with Gasteiger partial charge in [-0.2, -0.15) is 0 Å². The van der Waals surface area contributed by atoms with Crippen molar-refractivity contribution in [2.75, 3.05) is 13.6 Å². The van der Waals surface area contributed by atoms with Gasteiger partial charge in [0.15, 0.2) is 0 Å². The van der Waals surface area contributed by atoms with Crippen LogP contribution in [0.15, 0.2) is 29.6 Å². The molecule has 2 aromatic rings. The summed E-state index contributed by atoms with van der Waals surface area (Å²) in [6.45, 7) is 9.77. The largest absolute Gasteiger partial charge is 0.338 e. The highest BCUT2D eigenvalue weighted by Gasteiger charge is 2.13. The van der Waals surface area contributed by atoms with Gasteiger partial charge in [0.25, 0.3) is 0 Å². The number of carbonyl (C=O) groups is 1. The molecule has 0 atom stereocenters. The zero-order valence-electron chi connectivity index (χ0n) is 15.2. The Labute approximate surface area is 148 Å². The molecule has 1 aromatic heterocycles. The highest BCUT2D eigenvalue weighted by Crippen LogP contribution is 2.22. The van der Waals surface area contributed by atoms with E-state index >= 15 is 0 Å². The average Bonchev–Trinajstić information content (AvgIpc) is 2.91. The van der Waals surface area contributed by atoms with Crippen LogP contribution in [0.2, 0.25) is 0 Å². The van der Waals surface area contributed by atoms with Gasteiger partial charge in [-0.25, -0.2) is 9.78 Å². The third kappa shape index (κ3) is 5.34. The summed E-state index contributed by atoms with van der Waals surface area (Å²) in [4.78, 5) is 18.2. The van der Waals surface area contributed by atoms with Gasteiger partial charge in [-0.15, -0.1) is 11.3 Å². The molecule has 0 unspecified atom stereocenters. The Morgan fingerprint density at radius 1 is 1.25 bits per heavy atom. The maximum Gasteiger partial charge on any atom is 0.317 e. The van der Waals surface area contributed by atoms with Crippen molar-refractivity contribution in [1.82, 2.24) is 15.2 Å². The zero-order chi connectivity index (χ0) is 17.7. The minimum atomic E-state index is -0.0630. The van der Waals surface area contributed by atoms with E-state index in [0.29, 0.717) is 13.1 Å². The predicted octanol–water partition coefficient (Wildman–Crippen LogP) is 4.13. The van der Waals surface area contributed by atoms with Crippen molar-refractivity contribution >= 4 is 17.4 Å². The van der Waals surface area contributed by atoms with Gasteiger partial charge in [0.1, 0.15) is 0 Å². The summed E-state index contributed by atoms with van der Waals surface area (Å²) in [6, 6.07) is 8.58. The van der Waals surface area contributed by atoms with E-state index in [-0.39, 0.29) is 11.4 Å². The quantitative estimate of drug-likeness (QED) is 0.885. The van der Waals surface area contributed by atoms with Gasteiger partial charge in [-0.1, -0.05) is 45.0 Å². The number of nitrogens with zero attached hydrogens (tertiary/aromatic N) is 2. The van der Waals surface area contributed by atoms with Crippen LogP contribution < -0.4 is 5.32 Å². The van der Waals surface area contributed by atoms with Crippen LogP contribution in [-0.4, -0.2) is 29.5 Å². The van der Waals surface area contributed by atoms with E-state index in [4.69, 9.17) is 0 Å². The van der Waals surface area contributed by atoms with Crippen molar-refractivity contribution in [2.45, 2.75) is 46.1 Å². The molecule has 5 heteroatoms. The topological polar surface area (TPSA) is 45.2 Å². The summed E-state index contributed by atoms with van der Waals surface area (Å²) in [6.07, 6.45) is 0.833. The van der Waals surface area contributed by atoms with Gasteiger partial charge in [-0.3, -0.25) is 0 Å². The number of hydrogen-bond acceptors (Lipinski definition) is 3. The van der Waals surface area contributed by atoms with Crippen molar-refractivity contribution in [3.63, 3.8) is 0 Å². The van der Waals surface area contributed by atoms with Crippen molar-refractivity contribution in [2.24, 2.45) is 0 Å². The van der Waals surface area contributed by atoms with Crippen molar-refractivity contribution in [1.29, 1.82) is 0 Å². The van der Waals surface area contributed by atoms with Crippen molar-refractivity contribution in [3.8, 4) is 0 Å². The van der Waals surface area contributed by atoms with Crippen LogP contribution >= 0.6 is 11.3 Å². The first-order chi connectivity index (χ1) is 11.3. The SMILES string of the molecule is Cc1nc(CN(C)C(=O)NCCc2ccc(C(C)(C)C)cc2)cs1. The van der Waals surface area contributed by atoms with Gasteiger partial charge in [0.05, 0.1) is 17.2 Å². The first-order valence-corrected chi connectivity index (χ1v) is 9.13. The van der Waals surface area contributed by atoms with E-state index in [1.165, 1.54) is 11.1 Å². The first-order valence-electron chi connectivity index (χ1n) is 8.25. The second-order valence-corrected chi connectivity index (χ2v) is 8.21. The molecule has 0 spiro atoms. The Hall–Kier alpha value is -1.88. The number of hydrogen-bond donors (Lipinski definition) is 1. The minimum Gasteiger partial charge on any atom is -0.338 e. The molecule has 0 aliphatic rings. The molecule has 0 fully saturated rings. The number of amides is 2. The van der Waals surface area contributed by atoms with E-state index in [9.17, 15) is 4.79 Å². The number of aryl methyl sites for hydroxylation is 1. The maximum absolute atomic E-state index is 12.1. The third-order valence-corrected chi connectivity index (χ3v) is 4.74. The Morgan fingerprint density at radius 2 is 1.92 bits per heavy atom. The normalized spacial score (nSPS) is 11.4. The Balaban J connectivity index is 1.77. The fourth-order valence-corrected chi connectivity index (χ4v) is 3.02. The fourth-order valence-electron chi connectivity index (χ4n) is 2.42. The Morgan fingerprint density at radius 3 is 2.46 bits per heavy atom. The molecule has 2 amide bonds. The van der Waals surface area contributed by atoms with Gasteiger partial charge in [0.2, 0.25) is 0 Å². The standard InChI is InChI=1S/C19H27N3OS/c1-14-21-17(13-24-14)12-22(5)18(23)20-11-10-15-6-8-16(9-7-15)19(2,3)4/h6-9,13H,10-12H2,1-5H3,(H,20,23). The summed E-state index contributed by atoms with van der Waals surface area (Å²) in [5.74, 6) is 0. The molecule has 24 heavy (non-hydrogen) atoms. The van der Waals surface area contributed by atoms with Gasteiger partial charge >= 0.3 is 6.03 Å². The lowest BCUT2D eigenvalue weighted by Gasteiger charge is -2.19. The molecule has 0 radical (unpaired) electrons. The molecule has 1 aromatic carbocycles. The van der Waals surface area contributed by atoms with Crippen molar-refractivity contribution < 1.29 is 4.79 Å². The number of carbonyl (C=O) groups excluding carboxylic acids is 1. The number of urea groups is 1. The zero-order valence-corrected chi connectivity index (χ0v) is 16.0. The monoisotopic (exact) mass is 345 g/mol. The van der Waals surface area contributed by atoms with Crippen molar-refractivity contribution in [3.05, 3.63) is 51.5 Å². The number of rotatable bonds is 5.